The van der Waals surface area contributed by atoms with E-state index in [4.69, 9.17) is 23.7 Å². The predicted molar refractivity (Wildman–Crippen MR) is 319 cm³/mol. The van der Waals surface area contributed by atoms with Crippen molar-refractivity contribution in [3.05, 3.63) is 59.7 Å². The third kappa shape index (κ3) is 28.3. The molecule has 0 radical (unpaired) electrons. The summed E-state index contributed by atoms with van der Waals surface area (Å²) < 4.78 is 27.3. The highest BCUT2D eigenvalue weighted by Crippen LogP contribution is 2.44. The highest BCUT2D eigenvalue weighted by atomic mass is 16.6. The first kappa shape index (κ1) is 70.9. The molecule has 0 saturated heterocycles. The maximum absolute atomic E-state index is 14.8. The molecule has 0 aliphatic heterocycles. The van der Waals surface area contributed by atoms with E-state index in [1.54, 1.807) is 97.2 Å². The molecule has 3 rings (SSSR count). The molecule has 0 fully saturated rings. The van der Waals surface area contributed by atoms with Crippen molar-refractivity contribution in [1.29, 1.82) is 0 Å². The zero-order valence-electron chi connectivity index (χ0n) is 52.2. The van der Waals surface area contributed by atoms with Crippen LogP contribution < -0.4 is 42.5 Å². The number of fused-ring (bicyclic) bond motifs is 3. The molecule has 1 aliphatic rings. The Morgan fingerprint density at radius 2 is 0.690 bits per heavy atom. The molecule has 9 amide bonds. The minimum Gasteiger partial charge on any atom is -0.449 e. The molecule has 4 atom stereocenters. The first-order valence-electron chi connectivity index (χ1n) is 29.3. The Morgan fingerprint density at radius 1 is 0.405 bits per heavy atom. The van der Waals surface area contributed by atoms with Crippen molar-refractivity contribution >= 4 is 54.1 Å². The molecule has 8 N–H and O–H groups in total. The standard InChI is InChI=1S/C61H97N9O14/c1-58(2,3)81-53(75)62-35-23-19-31-45(49(71)66-46(32-20-24-36-63-54(76)82-59(4,5)6)50(72)68-48(52(74)70(13)14)34-22-26-38-65-56(78)84-61(10,11)12)67-51(73)47(33-21-25-37-64-55(77)83-60(7,8)9)69-57(79)80-39-44-42-29-17-15-27-40(42)41-28-16-18-30-43(41)44/h15-18,27-30,44-48H,19-26,31-39H2,1-14H3,(H,62,75)(H,63,76)(H,64,77)(H,65,78)(H,66,71)(H,67,73)(H,68,72)(H,69,79)/t45-,46-,47-,48-/m0/s1. The van der Waals surface area contributed by atoms with E-state index in [9.17, 15) is 43.2 Å². The van der Waals surface area contributed by atoms with Gasteiger partial charge in [-0.3, -0.25) is 19.2 Å². The molecule has 0 spiro atoms. The van der Waals surface area contributed by atoms with Crippen LogP contribution in [0.3, 0.4) is 0 Å². The van der Waals surface area contributed by atoms with E-state index in [0.29, 0.717) is 44.9 Å². The third-order valence-electron chi connectivity index (χ3n) is 12.6. The lowest BCUT2D eigenvalue weighted by Crippen LogP contribution is -2.58. The van der Waals surface area contributed by atoms with Gasteiger partial charge in [-0.25, -0.2) is 24.0 Å². The Morgan fingerprint density at radius 3 is 1.00 bits per heavy atom. The fraction of sp³-hybridized carbons (Fsp3) is 0.656. The SMILES string of the molecule is CN(C)C(=O)[C@H](CCCCNC(=O)OC(C)(C)C)NC(=O)[C@H](CCCCNC(=O)OC(C)(C)C)NC(=O)[C@H](CCCCNC(=O)OC(C)(C)C)NC(=O)[C@H](CCCCNC(=O)OC(C)(C)C)NC(=O)OCC1c2ccccc2-c2ccccc21. The maximum atomic E-state index is 14.8. The van der Waals surface area contributed by atoms with Crippen LogP contribution in [0, 0.1) is 0 Å². The summed E-state index contributed by atoms with van der Waals surface area (Å²) in [4.78, 5) is 122. The smallest absolute Gasteiger partial charge is 0.407 e. The monoisotopic (exact) mass is 1180 g/mol. The van der Waals surface area contributed by atoms with Crippen molar-refractivity contribution < 1.29 is 66.8 Å². The van der Waals surface area contributed by atoms with Crippen LogP contribution in [0.4, 0.5) is 24.0 Å². The van der Waals surface area contributed by atoms with Gasteiger partial charge >= 0.3 is 30.5 Å². The van der Waals surface area contributed by atoms with Gasteiger partial charge in [0.25, 0.3) is 0 Å². The van der Waals surface area contributed by atoms with Crippen molar-refractivity contribution in [2.24, 2.45) is 0 Å². The molecule has 2 aromatic rings. The summed E-state index contributed by atoms with van der Waals surface area (Å²) in [6.45, 7) is 21.7. The summed E-state index contributed by atoms with van der Waals surface area (Å²) in [6, 6.07) is 10.9. The Balaban J connectivity index is 1.93. The number of nitrogens with one attached hydrogen (secondary N) is 8. The van der Waals surface area contributed by atoms with Crippen LogP contribution in [-0.2, 0) is 42.9 Å². The Labute approximate surface area is 497 Å². The normalized spacial score (nSPS) is 13.6. The van der Waals surface area contributed by atoms with Gasteiger partial charge in [0.2, 0.25) is 23.6 Å². The van der Waals surface area contributed by atoms with Crippen LogP contribution >= 0.6 is 0 Å². The summed E-state index contributed by atoms with van der Waals surface area (Å²) >= 11 is 0. The minimum atomic E-state index is -1.31. The van der Waals surface area contributed by atoms with Crippen LogP contribution in [0.25, 0.3) is 11.1 Å². The minimum absolute atomic E-state index is 0.0122. The number of unbranched alkanes of at least 4 members (excludes halogenated alkanes) is 4. The van der Waals surface area contributed by atoms with Gasteiger partial charge in [0.15, 0.2) is 0 Å². The van der Waals surface area contributed by atoms with E-state index in [2.05, 4.69) is 42.5 Å². The van der Waals surface area contributed by atoms with Crippen LogP contribution in [0.5, 0.6) is 0 Å². The van der Waals surface area contributed by atoms with Crippen molar-refractivity contribution in [3.8, 4) is 11.1 Å². The number of nitrogens with zero attached hydrogens (tertiary/aromatic N) is 1. The number of rotatable bonds is 30. The molecular formula is C61H97N9O14. The second-order valence-corrected chi connectivity index (χ2v) is 25.1. The van der Waals surface area contributed by atoms with Crippen molar-refractivity contribution in [3.63, 3.8) is 0 Å². The summed E-state index contributed by atoms with van der Waals surface area (Å²) in [6.07, 6.45) is -0.170. The lowest BCUT2D eigenvalue weighted by Gasteiger charge is -2.27. The van der Waals surface area contributed by atoms with Gasteiger partial charge in [-0.15, -0.1) is 0 Å². The molecule has 0 saturated carbocycles. The second-order valence-electron chi connectivity index (χ2n) is 25.1. The number of amides is 9. The number of benzene rings is 2. The molecule has 0 bridgehead atoms. The van der Waals surface area contributed by atoms with Gasteiger partial charge in [0.05, 0.1) is 0 Å². The average Bonchev–Trinajstić information content (AvgIpc) is 1.87. The lowest BCUT2D eigenvalue weighted by molar-refractivity contribution is -0.136. The molecule has 1 aliphatic carbocycles. The summed E-state index contributed by atoms with van der Waals surface area (Å²) in [7, 11) is 3.10. The Hall–Kier alpha value is -7.33. The first-order chi connectivity index (χ1) is 39.2. The van der Waals surface area contributed by atoms with Gasteiger partial charge in [-0.1, -0.05) is 48.5 Å². The molecule has 23 heteroatoms. The fourth-order valence-electron chi connectivity index (χ4n) is 8.89. The van der Waals surface area contributed by atoms with E-state index in [1.165, 1.54) is 4.90 Å². The maximum Gasteiger partial charge on any atom is 0.407 e. The number of hydrogen-bond donors (Lipinski definition) is 8. The summed E-state index contributed by atoms with van der Waals surface area (Å²) in [5.41, 5.74) is 1.15. The lowest BCUT2D eigenvalue weighted by atomic mass is 9.98. The highest BCUT2D eigenvalue weighted by Gasteiger charge is 2.34. The second kappa shape index (κ2) is 33.8. The van der Waals surface area contributed by atoms with Crippen LogP contribution in [0.1, 0.15) is 177 Å². The van der Waals surface area contributed by atoms with E-state index >= 15 is 0 Å². The number of alkyl carbamates (subject to hydrolysis) is 5. The van der Waals surface area contributed by atoms with Gasteiger partial charge in [-0.05, 0) is 182 Å². The largest absolute Gasteiger partial charge is 0.449 e. The van der Waals surface area contributed by atoms with Crippen molar-refractivity contribution in [1.82, 2.24) is 47.4 Å². The first-order valence-corrected chi connectivity index (χ1v) is 29.3. The van der Waals surface area contributed by atoms with E-state index in [-0.39, 0.29) is 70.8 Å². The highest BCUT2D eigenvalue weighted by molar-refractivity contribution is 5.95. The summed E-state index contributed by atoms with van der Waals surface area (Å²) in [5, 5.41) is 22.0. The van der Waals surface area contributed by atoms with Crippen molar-refractivity contribution in [2.75, 3.05) is 46.9 Å². The average molecular weight is 1180 g/mol. The van der Waals surface area contributed by atoms with Crippen LogP contribution in [-0.4, -0.2) is 152 Å². The summed E-state index contributed by atoms with van der Waals surface area (Å²) in [5.74, 6) is -2.85. The third-order valence-corrected chi connectivity index (χ3v) is 12.6. The van der Waals surface area contributed by atoms with E-state index in [1.807, 2.05) is 48.5 Å². The van der Waals surface area contributed by atoms with Gasteiger partial charge < -0.3 is 71.1 Å². The molecular weight excluding hydrogens is 1080 g/mol. The van der Waals surface area contributed by atoms with Crippen LogP contribution in [0.2, 0.25) is 0 Å². The predicted octanol–water partition coefficient (Wildman–Crippen LogP) is 8.22. The Kier molecular flexibility index (Phi) is 28.6. The van der Waals surface area contributed by atoms with Gasteiger partial charge in [0.1, 0.15) is 53.2 Å². The van der Waals surface area contributed by atoms with Gasteiger partial charge in [-0.2, -0.15) is 0 Å². The molecule has 84 heavy (non-hydrogen) atoms. The quantitative estimate of drug-likeness (QED) is 0.0270. The molecule has 0 heterocycles. The zero-order chi connectivity index (χ0) is 62.8. The van der Waals surface area contributed by atoms with Crippen molar-refractivity contribution in [2.45, 2.75) is 213 Å². The zero-order valence-corrected chi connectivity index (χ0v) is 52.2. The molecule has 0 aromatic heterocycles. The number of carbonyl (C=O) groups is 9. The molecule has 0 unspecified atom stereocenters. The molecule has 470 valence electrons. The molecule has 23 nitrogen and oxygen atoms in total. The number of ether oxygens (including phenoxy) is 5. The molecule has 2 aromatic carbocycles. The number of likely N-dealkylation sites (N-methyl/N-ethyl adjacent to an activating group) is 1. The fourth-order valence-corrected chi connectivity index (χ4v) is 8.89. The number of carbonyl (C=O) groups excluding carboxylic acids is 9. The van der Waals surface area contributed by atoms with Gasteiger partial charge in [0, 0.05) is 46.2 Å². The van der Waals surface area contributed by atoms with E-state index < -0.39 is 101 Å². The number of hydrogen-bond acceptors (Lipinski definition) is 14. The topological polar surface area (TPSA) is 299 Å². The van der Waals surface area contributed by atoms with Crippen LogP contribution in [0.15, 0.2) is 48.5 Å². The van der Waals surface area contributed by atoms with E-state index in [0.717, 1.165) is 22.3 Å². The Bertz CT molecular complexity index is 2450.